The zero-order valence-corrected chi connectivity index (χ0v) is 19.3. The highest BCUT2D eigenvalue weighted by molar-refractivity contribution is 5.93. The number of Topliss-reactive ketones (excluding diaryl/α,β-unsaturated/α-hetero) is 1. The molecule has 166 valence electrons. The Balaban J connectivity index is 1.42. The summed E-state index contributed by atoms with van der Waals surface area (Å²) in [4.78, 5) is 25.3. The zero-order chi connectivity index (χ0) is 21.4. The summed E-state index contributed by atoms with van der Waals surface area (Å²) in [6.45, 7) is 11.7. The molecule has 5 aliphatic rings. The molecule has 5 rings (SSSR count). The van der Waals surface area contributed by atoms with Crippen molar-refractivity contribution in [1.29, 1.82) is 0 Å². The summed E-state index contributed by atoms with van der Waals surface area (Å²) < 4.78 is 11.9. The van der Waals surface area contributed by atoms with E-state index >= 15 is 0 Å². The molecule has 0 radical (unpaired) electrons. The second-order valence-electron chi connectivity index (χ2n) is 11.8. The van der Waals surface area contributed by atoms with Crippen LogP contribution in [0.5, 0.6) is 0 Å². The molecule has 0 aromatic rings. The van der Waals surface area contributed by atoms with Gasteiger partial charge in [0.25, 0.3) is 0 Å². The largest absolute Gasteiger partial charge is 0.431 e. The fourth-order valence-electron chi connectivity index (χ4n) is 7.86. The van der Waals surface area contributed by atoms with Crippen molar-refractivity contribution in [1.82, 2.24) is 0 Å². The van der Waals surface area contributed by atoms with Gasteiger partial charge in [-0.1, -0.05) is 53.9 Å². The summed E-state index contributed by atoms with van der Waals surface area (Å²) in [5.74, 6) is 3.05. The third-order valence-corrected chi connectivity index (χ3v) is 9.74. The van der Waals surface area contributed by atoms with Crippen LogP contribution in [-0.2, 0) is 19.1 Å². The van der Waals surface area contributed by atoms with E-state index < -0.39 is 0 Å². The highest BCUT2D eigenvalue weighted by atomic mass is 16.6. The Morgan fingerprint density at radius 3 is 2.57 bits per heavy atom. The Morgan fingerprint density at radius 1 is 1.07 bits per heavy atom. The number of ketones is 1. The second-order valence-corrected chi connectivity index (χ2v) is 11.8. The van der Waals surface area contributed by atoms with Gasteiger partial charge in [0.1, 0.15) is 18.0 Å². The number of ether oxygens (including phenoxy) is 2. The lowest BCUT2D eigenvalue weighted by atomic mass is 9.54. The van der Waals surface area contributed by atoms with E-state index in [4.69, 9.17) is 9.47 Å². The summed E-state index contributed by atoms with van der Waals surface area (Å²) in [7, 11) is 0. The molecule has 8 atom stereocenters. The second kappa shape index (κ2) is 6.92. The first-order valence-corrected chi connectivity index (χ1v) is 12.3. The van der Waals surface area contributed by atoms with Gasteiger partial charge in [-0.2, -0.15) is 0 Å². The predicted octanol–water partition coefficient (Wildman–Crippen LogP) is 5.45. The molecular formula is C26H38O4. The van der Waals surface area contributed by atoms with E-state index in [1.165, 1.54) is 37.7 Å². The molecule has 0 amide bonds. The van der Waals surface area contributed by atoms with Crippen molar-refractivity contribution in [3.05, 3.63) is 11.3 Å². The van der Waals surface area contributed by atoms with E-state index in [1.807, 2.05) is 0 Å². The van der Waals surface area contributed by atoms with Gasteiger partial charge in [0.05, 0.1) is 5.92 Å². The molecule has 2 aliphatic heterocycles. The van der Waals surface area contributed by atoms with Gasteiger partial charge >= 0.3 is 5.97 Å². The fraction of sp³-hybridized carbons (Fsp3) is 0.846. The summed E-state index contributed by atoms with van der Waals surface area (Å²) in [6, 6.07) is 0. The first-order valence-electron chi connectivity index (χ1n) is 12.3. The van der Waals surface area contributed by atoms with Gasteiger partial charge in [0, 0.05) is 17.8 Å². The number of carbonyl (C=O) groups excluding carboxylic acids is 2. The number of esters is 1. The van der Waals surface area contributed by atoms with Crippen LogP contribution in [0.3, 0.4) is 0 Å². The van der Waals surface area contributed by atoms with Gasteiger partial charge in [-0.25, -0.2) is 0 Å². The summed E-state index contributed by atoms with van der Waals surface area (Å²) >= 11 is 0. The first-order chi connectivity index (χ1) is 14.2. The average Bonchev–Trinajstić information content (AvgIpc) is 3.41. The maximum Gasteiger partial charge on any atom is 0.315 e. The van der Waals surface area contributed by atoms with Crippen LogP contribution in [0.2, 0.25) is 0 Å². The smallest absolute Gasteiger partial charge is 0.315 e. The maximum absolute atomic E-state index is 13.0. The van der Waals surface area contributed by atoms with Crippen LogP contribution in [0, 0.1) is 40.4 Å². The van der Waals surface area contributed by atoms with Crippen LogP contribution < -0.4 is 0 Å². The molecule has 4 nitrogen and oxygen atoms in total. The quantitative estimate of drug-likeness (QED) is 0.443. The van der Waals surface area contributed by atoms with Crippen molar-refractivity contribution in [2.75, 3.05) is 0 Å². The van der Waals surface area contributed by atoms with Crippen LogP contribution >= 0.6 is 0 Å². The number of epoxide rings is 1. The minimum absolute atomic E-state index is 0.0836. The molecule has 3 aliphatic carbocycles. The van der Waals surface area contributed by atoms with Gasteiger partial charge in [-0.3, -0.25) is 9.59 Å². The lowest BCUT2D eigenvalue weighted by Gasteiger charge is -2.51. The van der Waals surface area contributed by atoms with Crippen molar-refractivity contribution in [3.63, 3.8) is 0 Å². The fourth-order valence-corrected chi connectivity index (χ4v) is 7.86. The Morgan fingerprint density at radius 2 is 1.83 bits per heavy atom. The van der Waals surface area contributed by atoms with Crippen molar-refractivity contribution < 1.29 is 19.1 Å². The average molecular weight is 415 g/mol. The SMILES string of the molecule is CC(C)CCC[C@@H](C)[C@H]1CC[C@H]2C3=C(CC[C@]12C)[C@]1(C)[C@H](CC(=O)[C@@H]2O[C@@H]21)C(=O)O3. The Hall–Kier alpha value is -1.16. The lowest BCUT2D eigenvalue weighted by molar-refractivity contribution is -0.158. The molecule has 0 bridgehead atoms. The zero-order valence-electron chi connectivity index (χ0n) is 19.3. The molecule has 4 heteroatoms. The summed E-state index contributed by atoms with van der Waals surface area (Å²) in [5, 5.41) is 0. The molecule has 30 heavy (non-hydrogen) atoms. The van der Waals surface area contributed by atoms with Crippen LogP contribution in [-0.4, -0.2) is 24.0 Å². The minimum atomic E-state index is -0.357. The molecule has 0 unspecified atom stereocenters. The molecular weight excluding hydrogens is 376 g/mol. The molecule has 2 saturated carbocycles. The number of hydrogen-bond acceptors (Lipinski definition) is 4. The predicted molar refractivity (Wildman–Crippen MR) is 114 cm³/mol. The molecule has 3 fully saturated rings. The number of fused-ring (bicyclic) bond motifs is 6. The maximum atomic E-state index is 13.0. The minimum Gasteiger partial charge on any atom is -0.431 e. The van der Waals surface area contributed by atoms with E-state index in [9.17, 15) is 9.59 Å². The highest BCUT2D eigenvalue weighted by Gasteiger charge is 2.69. The van der Waals surface area contributed by atoms with Crippen LogP contribution in [0.1, 0.15) is 86.0 Å². The van der Waals surface area contributed by atoms with Crippen molar-refractivity contribution in [2.45, 2.75) is 98.2 Å². The van der Waals surface area contributed by atoms with Crippen LogP contribution in [0.4, 0.5) is 0 Å². The van der Waals surface area contributed by atoms with Gasteiger partial charge in [-0.05, 0) is 54.4 Å². The van der Waals surface area contributed by atoms with Gasteiger partial charge < -0.3 is 9.47 Å². The standard InChI is InChI=1S/C26H38O4/c1-14(2)7-6-8-15(3)16-9-10-17-21-18(11-12-25(16,17)4)26(5)19(24(28)30-21)13-20(27)22-23(26)29-22/h14-17,19,22-23H,6-13H2,1-5H3/t15-,16-,17+,19-,22+,23+,25-,26-/m1/s1. The number of hydrogen-bond donors (Lipinski definition) is 0. The summed E-state index contributed by atoms with van der Waals surface area (Å²) in [6.07, 6.45) is 8.32. The molecule has 0 spiro atoms. The van der Waals surface area contributed by atoms with E-state index in [2.05, 4.69) is 34.6 Å². The van der Waals surface area contributed by atoms with Crippen LogP contribution in [0.25, 0.3) is 0 Å². The van der Waals surface area contributed by atoms with Crippen LogP contribution in [0.15, 0.2) is 11.3 Å². The van der Waals surface area contributed by atoms with Crippen molar-refractivity contribution >= 4 is 11.8 Å². The van der Waals surface area contributed by atoms with E-state index in [0.29, 0.717) is 17.8 Å². The molecule has 0 aromatic heterocycles. The number of rotatable bonds is 5. The Kier molecular flexibility index (Phi) is 4.78. The highest BCUT2D eigenvalue weighted by Crippen LogP contribution is 2.66. The van der Waals surface area contributed by atoms with E-state index in [-0.39, 0.29) is 47.1 Å². The molecule has 2 heterocycles. The normalized spacial score (nSPS) is 45.5. The lowest BCUT2D eigenvalue weighted by Crippen LogP contribution is -2.52. The topological polar surface area (TPSA) is 55.9 Å². The third kappa shape index (κ3) is 2.81. The van der Waals surface area contributed by atoms with Gasteiger partial charge in [0.15, 0.2) is 5.78 Å². The number of allylic oxidation sites excluding steroid dienone is 1. The van der Waals surface area contributed by atoms with E-state index in [1.54, 1.807) is 0 Å². The number of carbonyl (C=O) groups is 2. The van der Waals surface area contributed by atoms with Gasteiger partial charge in [-0.15, -0.1) is 0 Å². The van der Waals surface area contributed by atoms with Crippen molar-refractivity contribution in [3.8, 4) is 0 Å². The summed E-state index contributed by atoms with van der Waals surface area (Å²) in [5.41, 5.74) is 1.18. The van der Waals surface area contributed by atoms with E-state index in [0.717, 1.165) is 24.5 Å². The first kappa shape index (κ1) is 20.7. The van der Waals surface area contributed by atoms with Crippen molar-refractivity contribution in [2.24, 2.45) is 40.4 Å². The molecule has 1 saturated heterocycles. The Bertz CT molecular complexity index is 797. The molecule has 0 aromatic carbocycles. The monoisotopic (exact) mass is 414 g/mol. The third-order valence-electron chi connectivity index (χ3n) is 9.74. The van der Waals surface area contributed by atoms with Gasteiger partial charge in [0.2, 0.25) is 0 Å². The molecule has 0 N–H and O–H groups in total. The Labute approximate surface area is 181 Å².